The predicted molar refractivity (Wildman–Crippen MR) is 76.8 cm³/mol. The Bertz CT molecular complexity index is 514. The van der Waals surface area contributed by atoms with Crippen molar-refractivity contribution in [1.82, 2.24) is 5.32 Å². The van der Waals surface area contributed by atoms with Crippen molar-refractivity contribution >= 4 is 22.9 Å². The van der Waals surface area contributed by atoms with Crippen LogP contribution in [0.1, 0.15) is 24.3 Å². The Balaban J connectivity index is 2.34. The van der Waals surface area contributed by atoms with Crippen molar-refractivity contribution in [2.75, 3.05) is 7.05 Å². The van der Waals surface area contributed by atoms with Crippen molar-refractivity contribution in [1.29, 1.82) is 0 Å². The summed E-state index contributed by atoms with van der Waals surface area (Å²) in [5.74, 6) is -0.298. The minimum atomic E-state index is -0.298. The Labute approximate surface area is 116 Å². The van der Waals surface area contributed by atoms with E-state index < -0.39 is 0 Å². The Morgan fingerprint density at radius 2 is 2.11 bits per heavy atom. The summed E-state index contributed by atoms with van der Waals surface area (Å²) in [4.78, 5) is 2.30. The fourth-order valence-corrected chi connectivity index (χ4v) is 3.35. The third-order valence-corrected chi connectivity index (χ3v) is 4.34. The zero-order valence-electron chi connectivity index (χ0n) is 10.3. The van der Waals surface area contributed by atoms with Crippen molar-refractivity contribution in [3.8, 4) is 10.4 Å². The standard InChI is InChI=1S/C14H15ClFNS/c1-3-12(17-2)14-5-4-13(18-14)9-6-10(15)8-11(16)7-9/h4-8,12,17H,3H2,1-2H3. The highest BCUT2D eigenvalue weighted by atomic mass is 35.5. The maximum atomic E-state index is 13.3. The van der Waals surface area contributed by atoms with Crippen molar-refractivity contribution in [3.05, 3.63) is 46.0 Å². The van der Waals surface area contributed by atoms with E-state index in [1.54, 1.807) is 17.4 Å². The van der Waals surface area contributed by atoms with Crippen molar-refractivity contribution < 1.29 is 4.39 Å². The van der Waals surface area contributed by atoms with Gasteiger partial charge in [-0.1, -0.05) is 18.5 Å². The molecule has 1 unspecified atom stereocenters. The molecule has 96 valence electrons. The van der Waals surface area contributed by atoms with Crippen molar-refractivity contribution in [3.63, 3.8) is 0 Å². The van der Waals surface area contributed by atoms with Gasteiger partial charge in [0, 0.05) is 20.8 Å². The molecule has 2 aromatic rings. The van der Waals surface area contributed by atoms with Crippen molar-refractivity contribution in [2.24, 2.45) is 0 Å². The topological polar surface area (TPSA) is 12.0 Å². The molecule has 0 amide bonds. The Hall–Kier alpha value is -0.900. The highest BCUT2D eigenvalue weighted by molar-refractivity contribution is 7.15. The minimum absolute atomic E-state index is 0.298. The van der Waals surface area contributed by atoms with Crippen LogP contribution in [-0.2, 0) is 0 Å². The fourth-order valence-electron chi connectivity index (χ4n) is 1.94. The SMILES string of the molecule is CCC(NC)c1ccc(-c2cc(F)cc(Cl)c2)s1. The lowest BCUT2D eigenvalue weighted by Gasteiger charge is -2.10. The van der Waals surface area contributed by atoms with Gasteiger partial charge < -0.3 is 5.32 Å². The molecule has 1 aromatic heterocycles. The molecule has 0 saturated heterocycles. The molecule has 0 aliphatic rings. The van der Waals surface area contributed by atoms with Crippen LogP contribution in [0.5, 0.6) is 0 Å². The van der Waals surface area contributed by atoms with E-state index in [0.717, 1.165) is 16.9 Å². The summed E-state index contributed by atoms with van der Waals surface area (Å²) >= 11 is 7.55. The fraction of sp³-hybridized carbons (Fsp3) is 0.286. The molecule has 0 spiro atoms. The quantitative estimate of drug-likeness (QED) is 0.843. The largest absolute Gasteiger partial charge is 0.312 e. The van der Waals surface area contributed by atoms with Crippen LogP contribution in [0.3, 0.4) is 0 Å². The Morgan fingerprint density at radius 3 is 2.72 bits per heavy atom. The highest BCUT2D eigenvalue weighted by Gasteiger charge is 2.11. The molecule has 0 bridgehead atoms. The number of benzene rings is 1. The summed E-state index contributed by atoms with van der Waals surface area (Å²) in [6, 6.07) is 9.09. The van der Waals surface area contributed by atoms with E-state index in [4.69, 9.17) is 11.6 Å². The van der Waals surface area contributed by atoms with Crippen LogP contribution in [0.25, 0.3) is 10.4 Å². The third kappa shape index (κ3) is 2.91. The lowest BCUT2D eigenvalue weighted by atomic mass is 10.1. The predicted octanol–water partition coefficient (Wildman–Crippen LogP) is 4.88. The first-order valence-electron chi connectivity index (χ1n) is 5.87. The van der Waals surface area contributed by atoms with Gasteiger partial charge in [0.1, 0.15) is 5.82 Å². The maximum Gasteiger partial charge on any atom is 0.125 e. The summed E-state index contributed by atoms with van der Waals surface area (Å²) in [5, 5.41) is 3.70. The third-order valence-electron chi connectivity index (χ3n) is 2.87. The average molecular weight is 284 g/mol. The zero-order valence-corrected chi connectivity index (χ0v) is 11.9. The molecule has 18 heavy (non-hydrogen) atoms. The second-order valence-electron chi connectivity index (χ2n) is 4.11. The van der Waals surface area contributed by atoms with Crippen LogP contribution in [0.4, 0.5) is 4.39 Å². The molecule has 0 aliphatic heterocycles. The van der Waals surface area contributed by atoms with E-state index in [9.17, 15) is 4.39 Å². The summed E-state index contributed by atoms with van der Waals surface area (Å²) in [5.41, 5.74) is 0.835. The molecule has 4 heteroatoms. The van der Waals surface area contributed by atoms with Gasteiger partial charge in [-0.2, -0.15) is 0 Å². The van der Waals surface area contributed by atoms with Gasteiger partial charge >= 0.3 is 0 Å². The summed E-state index contributed by atoms with van der Waals surface area (Å²) in [6.45, 7) is 2.14. The highest BCUT2D eigenvalue weighted by Crippen LogP contribution is 2.33. The molecular formula is C14H15ClFNS. The maximum absolute atomic E-state index is 13.3. The lowest BCUT2D eigenvalue weighted by Crippen LogP contribution is -2.13. The van der Waals surface area contributed by atoms with Gasteiger partial charge in [-0.3, -0.25) is 0 Å². The molecule has 1 nitrogen and oxygen atoms in total. The van der Waals surface area contributed by atoms with Crippen LogP contribution in [0, 0.1) is 5.82 Å². The minimum Gasteiger partial charge on any atom is -0.312 e. The molecule has 1 heterocycles. The smallest absolute Gasteiger partial charge is 0.125 e. The lowest BCUT2D eigenvalue weighted by molar-refractivity contribution is 0.586. The Kier molecular flexibility index (Phi) is 4.38. The van der Waals surface area contributed by atoms with E-state index in [2.05, 4.69) is 18.3 Å². The number of hydrogen-bond donors (Lipinski definition) is 1. The number of thiophene rings is 1. The zero-order chi connectivity index (χ0) is 13.1. The second kappa shape index (κ2) is 5.83. The molecule has 0 radical (unpaired) electrons. The molecule has 0 fully saturated rings. The average Bonchev–Trinajstić information content (AvgIpc) is 2.79. The van der Waals surface area contributed by atoms with Crippen LogP contribution >= 0.6 is 22.9 Å². The first-order valence-corrected chi connectivity index (χ1v) is 7.07. The van der Waals surface area contributed by atoms with Crippen LogP contribution in [0.2, 0.25) is 5.02 Å². The number of hydrogen-bond acceptors (Lipinski definition) is 2. The van der Waals surface area contributed by atoms with Gasteiger partial charge in [0.25, 0.3) is 0 Å². The molecule has 1 aromatic carbocycles. The normalized spacial score (nSPS) is 12.7. The summed E-state index contributed by atoms with van der Waals surface area (Å²) in [7, 11) is 1.95. The van der Waals surface area contributed by atoms with Crippen LogP contribution < -0.4 is 5.32 Å². The molecule has 0 saturated carbocycles. The van der Waals surface area contributed by atoms with E-state index in [0.29, 0.717) is 11.1 Å². The molecule has 1 atom stereocenters. The van der Waals surface area contributed by atoms with Crippen molar-refractivity contribution in [2.45, 2.75) is 19.4 Å². The Morgan fingerprint density at radius 1 is 1.33 bits per heavy atom. The first-order chi connectivity index (χ1) is 8.63. The summed E-state index contributed by atoms with van der Waals surface area (Å²) in [6.07, 6.45) is 1.03. The van der Waals surface area contributed by atoms with Gasteiger partial charge in [0.2, 0.25) is 0 Å². The second-order valence-corrected chi connectivity index (χ2v) is 5.66. The number of halogens is 2. The molecule has 0 aliphatic carbocycles. The van der Waals surface area contributed by atoms with Gasteiger partial charge in [0.05, 0.1) is 0 Å². The van der Waals surface area contributed by atoms with Gasteiger partial charge in [-0.05, 0) is 49.4 Å². The van der Waals surface area contributed by atoms with Crippen LogP contribution in [-0.4, -0.2) is 7.05 Å². The monoisotopic (exact) mass is 283 g/mol. The molecule has 1 N–H and O–H groups in total. The van der Waals surface area contributed by atoms with E-state index in [-0.39, 0.29) is 5.82 Å². The van der Waals surface area contributed by atoms with Gasteiger partial charge in [-0.25, -0.2) is 4.39 Å². The summed E-state index contributed by atoms with van der Waals surface area (Å²) < 4.78 is 13.3. The number of rotatable bonds is 4. The van der Waals surface area contributed by atoms with E-state index >= 15 is 0 Å². The number of nitrogens with one attached hydrogen (secondary N) is 1. The van der Waals surface area contributed by atoms with Crippen LogP contribution in [0.15, 0.2) is 30.3 Å². The molecular weight excluding hydrogens is 269 g/mol. The van der Waals surface area contributed by atoms with E-state index in [1.807, 2.05) is 13.1 Å². The van der Waals surface area contributed by atoms with Gasteiger partial charge in [0.15, 0.2) is 0 Å². The first kappa shape index (κ1) is 13.5. The molecule has 2 rings (SSSR count). The van der Waals surface area contributed by atoms with Gasteiger partial charge in [-0.15, -0.1) is 11.3 Å². The van der Waals surface area contributed by atoms with E-state index in [1.165, 1.54) is 17.0 Å².